The molecule has 28 heavy (non-hydrogen) atoms. The number of benzene rings is 1. The van der Waals surface area contributed by atoms with E-state index in [0.29, 0.717) is 5.30 Å². The van der Waals surface area contributed by atoms with E-state index in [-0.39, 0.29) is 0 Å². The van der Waals surface area contributed by atoms with Gasteiger partial charge in [0.05, 0.1) is 49.3 Å². The van der Waals surface area contributed by atoms with Gasteiger partial charge in [0.25, 0.3) is 0 Å². The zero-order valence-electron chi connectivity index (χ0n) is 20.1. The van der Waals surface area contributed by atoms with Crippen molar-refractivity contribution in [2.75, 3.05) is 49.3 Å². The fraction of sp³-hybridized carbons (Fsp3) is 0.739. The van der Waals surface area contributed by atoms with Crippen molar-refractivity contribution in [2.45, 2.75) is 62.3 Å². The van der Waals surface area contributed by atoms with Gasteiger partial charge in [0.15, 0.2) is 0 Å². The summed E-state index contributed by atoms with van der Waals surface area (Å²) in [7, 11) is -3.25. The van der Waals surface area contributed by atoms with Crippen LogP contribution in [0, 0.1) is 6.92 Å². The number of rotatable bonds is 9. The third kappa shape index (κ3) is 11.6. The Kier molecular flexibility index (Phi) is 18.8. The minimum absolute atomic E-state index is 0.376. The van der Waals surface area contributed by atoms with Gasteiger partial charge < -0.3 is 9.79 Å². The Labute approximate surface area is 179 Å². The molecule has 0 aromatic heterocycles. The molecule has 166 valence electrons. The minimum Gasteiger partial charge on any atom is -0.838 e. The van der Waals surface area contributed by atoms with Crippen molar-refractivity contribution < 1.29 is 9.79 Å². The molecule has 2 nitrogen and oxygen atoms in total. The van der Waals surface area contributed by atoms with Crippen molar-refractivity contribution in [3.8, 4) is 0 Å². The van der Waals surface area contributed by atoms with E-state index in [0.717, 1.165) is 5.56 Å². The summed E-state index contributed by atoms with van der Waals surface area (Å²) in [5.74, 6) is 0. The van der Waals surface area contributed by atoms with Crippen LogP contribution in [0.25, 0.3) is 0 Å². The van der Waals surface area contributed by atoms with Gasteiger partial charge in [-0.3, -0.25) is 8.38 Å². The highest BCUT2D eigenvalue weighted by molar-refractivity contribution is 7.76. The molecule has 1 aromatic rings. The first-order chi connectivity index (χ1) is 13.2. The SMILES string of the molecule is CC[P+](CC)(CC)CC.CC[P+](CC)(CC)CC.Cc1ccc(P([O-])[O-])cc1. The predicted octanol–water partition coefficient (Wildman–Crippen LogP) is 5.82. The van der Waals surface area contributed by atoms with Crippen LogP contribution in [-0.2, 0) is 0 Å². The largest absolute Gasteiger partial charge is 0.838 e. The molecule has 0 heterocycles. The Morgan fingerprint density at radius 1 is 0.571 bits per heavy atom. The van der Waals surface area contributed by atoms with Crippen LogP contribution in [0.2, 0.25) is 0 Å². The summed E-state index contributed by atoms with van der Waals surface area (Å²) in [4.78, 5) is 20.7. The molecule has 0 aliphatic heterocycles. The van der Waals surface area contributed by atoms with E-state index in [9.17, 15) is 9.79 Å². The van der Waals surface area contributed by atoms with Crippen LogP contribution in [0.15, 0.2) is 24.3 Å². The highest BCUT2D eigenvalue weighted by Gasteiger charge is 2.28. The van der Waals surface area contributed by atoms with Crippen LogP contribution in [0.1, 0.15) is 61.0 Å². The third-order valence-electron chi connectivity index (χ3n) is 6.61. The Balaban J connectivity index is 0. The lowest BCUT2D eigenvalue weighted by molar-refractivity contribution is -0.287. The van der Waals surface area contributed by atoms with E-state index < -0.39 is 22.9 Å². The molecule has 0 unspecified atom stereocenters. The molecular formula is C23H47O2P3. The number of hydrogen-bond donors (Lipinski definition) is 0. The van der Waals surface area contributed by atoms with Crippen molar-refractivity contribution in [2.24, 2.45) is 0 Å². The van der Waals surface area contributed by atoms with Gasteiger partial charge in [-0.25, -0.2) is 0 Å². The zero-order valence-corrected chi connectivity index (χ0v) is 22.8. The van der Waals surface area contributed by atoms with Gasteiger partial charge in [-0.05, 0) is 62.3 Å². The van der Waals surface area contributed by atoms with Crippen molar-refractivity contribution in [1.29, 1.82) is 0 Å². The number of aryl methyl sites for hydroxylation is 1. The molecule has 0 fully saturated rings. The molecule has 0 saturated carbocycles. The van der Waals surface area contributed by atoms with Crippen LogP contribution in [-0.4, -0.2) is 49.3 Å². The smallest absolute Gasteiger partial charge is 0.0565 e. The van der Waals surface area contributed by atoms with Crippen LogP contribution in [0.4, 0.5) is 0 Å². The van der Waals surface area contributed by atoms with E-state index in [1.54, 1.807) is 24.3 Å². The summed E-state index contributed by atoms with van der Waals surface area (Å²) in [5.41, 5.74) is 1.07. The molecule has 1 rings (SSSR count). The lowest BCUT2D eigenvalue weighted by Crippen LogP contribution is -2.19. The first kappa shape index (κ1) is 30.6. The second-order valence-electron chi connectivity index (χ2n) is 7.31. The lowest BCUT2D eigenvalue weighted by Gasteiger charge is -2.30. The van der Waals surface area contributed by atoms with E-state index in [1.807, 2.05) is 6.92 Å². The van der Waals surface area contributed by atoms with Gasteiger partial charge in [-0.2, -0.15) is 0 Å². The minimum atomic E-state index is -2.41. The summed E-state index contributed by atoms with van der Waals surface area (Å²) in [6.07, 6.45) is 11.6. The maximum Gasteiger partial charge on any atom is 0.0565 e. The van der Waals surface area contributed by atoms with Gasteiger partial charge in [0.2, 0.25) is 0 Å². The maximum absolute atomic E-state index is 10.3. The first-order valence-corrected chi connectivity index (χ1v) is 17.3. The molecule has 5 heteroatoms. The maximum atomic E-state index is 10.3. The molecule has 0 bridgehead atoms. The molecule has 0 saturated heterocycles. The molecule has 0 amide bonds. The van der Waals surface area contributed by atoms with Crippen LogP contribution < -0.4 is 15.1 Å². The average molecular weight is 449 g/mol. The fourth-order valence-electron chi connectivity index (χ4n) is 3.35. The first-order valence-electron chi connectivity index (χ1n) is 11.1. The second kappa shape index (κ2) is 17.1. The Bertz CT molecular complexity index is 412. The van der Waals surface area contributed by atoms with Gasteiger partial charge in [0, 0.05) is 14.5 Å². The quantitative estimate of drug-likeness (QED) is 0.447. The van der Waals surface area contributed by atoms with Crippen molar-refractivity contribution >= 4 is 28.2 Å². The van der Waals surface area contributed by atoms with Crippen molar-refractivity contribution in [3.63, 3.8) is 0 Å². The summed E-state index contributed by atoms with van der Waals surface area (Å²) in [5, 5.41) is 0.376. The summed E-state index contributed by atoms with van der Waals surface area (Å²) in [6, 6.07) is 6.75. The monoisotopic (exact) mass is 448 g/mol. The van der Waals surface area contributed by atoms with Gasteiger partial charge in [0.1, 0.15) is 0 Å². The highest BCUT2D eigenvalue weighted by Crippen LogP contribution is 2.57. The Hall–Kier alpha value is 0.430. The molecular weight excluding hydrogens is 401 g/mol. The van der Waals surface area contributed by atoms with Gasteiger partial charge >= 0.3 is 0 Å². The highest BCUT2D eigenvalue weighted by atomic mass is 31.2. The molecule has 0 aliphatic carbocycles. The molecule has 0 spiro atoms. The third-order valence-corrected chi connectivity index (χ3v) is 18.1. The van der Waals surface area contributed by atoms with Crippen molar-refractivity contribution in [1.82, 2.24) is 0 Å². The van der Waals surface area contributed by atoms with Crippen molar-refractivity contribution in [3.05, 3.63) is 29.8 Å². The van der Waals surface area contributed by atoms with Gasteiger partial charge in [-0.15, -0.1) is 0 Å². The van der Waals surface area contributed by atoms with E-state index in [1.165, 1.54) is 49.3 Å². The summed E-state index contributed by atoms with van der Waals surface area (Å²) in [6.45, 7) is 20.7. The van der Waals surface area contributed by atoms with E-state index >= 15 is 0 Å². The second-order valence-corrected chi connectivity index (χ2v) is 18.8. The predicted molar refractivity (Wildman–Crippen MR) is 136 cm³/mol. The normalized spacial score (nSPS) is 11.4. The average Bonchev–Trinajstić information content (AvgIpc) is 2.74. The summed E-state index contributed by atoms with van der Waals surface area (Å²) < 4.78 is 0. The Morgan fingerprint density at radius 3 is 0.964 bits per heavy atom. The molecule has 1 aromatic carbocycles. The standard InChI is InChI=1S/2C8H20P.C7H7O2P/c2*1-5-9(6-2,7-3)8-4;1-6-2-4-7(5-3-6)10(8)9/h2*5-8H2,1-4H3;2-5H,1H3/q2*+1;-2. The molecule has 0 N–H and O–H groups in total. The lowest BCUT2D eigenvalue weighted by atomic mass is 10.2. The van der Waals surface area contributed by atoms with E-state index in [4.69, 9.17) is 0 Å². The molecule has 0 aliphatic rings. The van der Waals surface area contributed by atoms with Crippen LogP contribution in [0.3, 0.4) is 0 Å². The molecule has 0 radical (unpaired) electrons. The van der Waals surface area contributed by atoms with E-state index in [2.05, 4.69) is 55.4 Å². The zero-order chi connectivity index (χ0) is 22.2. The number of hydrogen-bond acceptors (Lipinski definition) is 2. The topological polar surface area (TPSA) is 46.1 Å². The fourth-order valence-corrected chi connectivity index (χ4v) is 9.11. The summed E-state index contributed by atoms with van der Waals surface area (Å²) >= 11 is 0. The van der Waals surface area contributed by atoms with Crippen LogP contribution in [0.5, 0.6) is 0 Å². The van der Waals surface area contributed by atoms with Crippen LogP contribution >= 0.6 is 22.9 Å². The van der Waals surface area contributed by atoms with Gasteiger partial charge in [-0.1, -0.05) is 35.1 Å². The Morgan fingerprint density at radius 2 is 0.821 bits per heavy atom. The molecule has 0 atom stereocenters.